The molecule has 0 radical (unpaired) electrons. The van der Waals surface area contributed by atoms with Crippen molar-refractivity contribution in [1.29, 1.82) is 0 Å². The lowest BCUT2D eigenvalue weighted by molar-refractivity contribution is 0.200. The van der Waals surface area contributed by atoms with Crippen LogP contribution in [0.3, 0.4) is 0 Å². The molecular weight excluding hydrogens is 258 g/mol. The first-order chi connectivity index (χ1) is 7.95. The van der Waals surface area contributed by atoms with E-state index in [0.717, 1.165) is 17.1 Å². The van der Waals surface area contributed by atoms with Crippen LogP contribution >= 0.6 is 11.8 Å². The van der Waals surface area contributed by atoms with E-state index in [4.69, 9.17) is 10.5 Å². The van der Waals surface area contributed by atoms with Crippen molar-refractivity contribution in [3.05, 3.63) is 18.2 Å². The Bertz CT molecular complexity index is 472. The van der Waals surface area contributed by atoms with Gasteiger partial charge in [-0.25, -0.2) is 8.42 Å². The predicted molar refractivity (Wildman–Crippen MR) is 71.2 cm³/mol. The Kier molecular flexibility index (Phi) is 5.30. The van der Waals surface area contributed by atoms with Gasteiger partial charge in [0.05, 0.1) is 4.90 Å². The second kappa shape index (κ2) is 6.28. The molecule has 17 heavy (non-hydrogen) atoms. The van der Waals surface area contributed by atoms with Crippen molar-refractivity contribution >= 4 is 27.3 Å². The SMILES string of the molecule is COCCCSc1ccc(S(C)(=O)=O)cc1N. The molecule has 0 heterocycles. The van der Waals surface area contributed by atoms with Gasteiger partial charge in [-0.05, 0) is 24.6 Å². The number of nitrogens with two attached hydrogens (primary N) is 1. The molecule has 0 unspecified atom stereocenters. The Hall–Kier alpha value is -0.720. The number of anilines is 1. The predicted octanol–water partition coefficient (Wildman–Crippen LogP) is 1.80. The molecule has 0 aliphatic heterocycles. The molecule has 0 bridgehead atoms. The minimum absolute atomic E-state index is 0.260. The maximum atomic E-state index is 11.3. The van der Waals surface area contributed by atoms with Crippen LogP contribution < -0.4 is 5.73 Å². The topological polar surface area (TPSA) is 69.4 Å². The summed E-state index contributed by atoms with van der Waals surface area (Å²) in [5.41, 5.74) is 6.33. The Morgan fingerprint density at radius 1 is 1.41 bits per heavy atom. The van der Waals surface area contributed by atoms with E-state index in [1.165, 1.54) is 12.3 Å². The number of rotatable bonds is 6. The Labute approximate surface area is 106 Å². The molecule has 6 heteroatoms. The maximum Gasteiger partial charge on any atom is 0.175 e. The highest BCUT2D eigenvalue weighted by molar-refractivity contribution is 7.99. The summed E-state index contributed by atoms with van der Waals surface area (Å²) in [5, 5.41) is 0. The molecule has 0 saturated heterocycles. The summed E-state index contributed by atoms with van der Waals surface area (Å²) in [4.78, 5) is 1.17. The fraction of sp³-hybridized carbons (Fsp3) is 0.455. The van der Waals surface area contributed by atoms with Crippen molar-refractivity contribution in [3.63, 3.8) is 0 Å². The standard InChI is InChI=1S/C11H17NO3S2/c1-15-6-3-7-16-11-5-4-9(8-10(11)12)17(2,13)14/h4-5,8H,3,6-7,12H2,1-2H3. The molecular formula is C11H17NO3S2. The van der Waals surface area contributed by atoms with E-state index in [9.17, 15) is 8.42 Å². The maximum absolute atomic E-state index is 11.3. The average molecular weight is 275 g/mol. The normalized spacial score (nSPS) is 11.6. The zero-order chi connectivity index (χ0) is 12.9. The number of ether oxygens (including phenoxy) is 1. The van der Waals surface area contributed by atoms with E-state index >= 15 is 0 Å². The van der Waals surface area contributed by atoms with Crippen LogP contribution in [-0.2, 0) is 14.6 Å². The molecule has 0 aliphatic carbocycles. The molecule has 1 aromatic carbocycles. The van der Waals surface area contributed by atoms with Crippen LogP contribution in [0.1, 0.15) is 6.42 Å². The molecule has 4 nitrogen and oxygen atoms in total. The van der Waals surface area contributed by atoms with Gasteiger partial charge < -0.3 is 10.5 Å². The number of hydrogen-bond acceptors (Lipinski definition) is 5. The zero-order valence-electron chi connectivity index (χ0n) is 9.97. The molecule has 1 rings (SSSR count). The van der Waals surface area contributed by atoms with Crippen molar-refractivity contribution in [1.82, 2.24) is 0 Å². The molecule has 0 amide bonds. The molecule has 96 valence electrons. The lowest BCUT2D eigenvalue weighted by Gasteiger charge is -2.07. The molecule has 0 aromatic heterocycles. The van der Waals surface area contributed by atoms with Crippen molar-refractivity contribution in [2.75, 3.05) is 31.5 Å². The van der Waals surface area contributed by atoms with Gasteiger partial charge in [0.2, 0.25) is 0 Å². The lowest BCUT2D eigenvalue weighted by atomic mass is 10.3. The van der Waals surface area contributed by atoms with Crippen LogP contribution in [0.25, 0.3) is 0 Å². The number of thioether (sulfide) groups is 1. The molecule has 0 aliphatic rings. The number of methoxy groups -OCH3 is 1. The third-order valence-corrected chi connectivity index (χ3v) is 4.45. The fourth-order valence-corrected chi connectivity index (χ4v) is 2.80. The Balaban J connectivity index is 2.70. The number of sulfone groups is 1. The van der Waals surface area contributed by atoms with Crippen molar-refractivity contribution in [2.45, 2.75) is 16.2 Å². The zero-order valence-corrected chi connectivity index (χ0v) is 11.6. The third-order valence-electron chi connectivity index (χ3n) is 2.16. The van der Waals surface area contributed by atoms with Crippen LogP contribution in [0, 0.1) is 0 Å². The first-order valence-electron chi connectivity index (χ1n) is 5.16. The van der Waals surface area contributed by atoms with Crippen molar-refractivity contribution < 1.29 is 13.2 Å². The third kappa shape index (κ3) is 4.57. The summed E-state index contributed by atoms with van der Waals surface area (Å²) in [5.74, 6) is 0.899. The van der Waals surface area contributed by atoms with Crippen LogP contribution in [0.4, 0.5) is 5.69 Å². The van der Waals surface area contributed by atoms with E-state index < -0.39 is 9.84 Å². The van der Waals surface area contributed by atoms with E-state index in [-0.39, 0.29) is 4.90 Å². The first kappa shape index (κ1) is 14.3. The molecule has 0 fully saturated rings. The summed E-state index contributed by atoms with van der Waals surface area (Å²) in [6.07, 6.45) is 2.11. The average Bonchev–Trinajstić information content (AvgIpc) is 2.24. The van der Waals surface area contributed by atoms with Gasteiger partial charge in [-0.15, -0.1) is 11.8 Å². The molecule has 2 N–H and O–H groups in total. The Morgan fingerprint density at radius 2 is 2.12 bits per heavy atom. The second-order valence-electron chi connectivity index (χ2n) is 3.67. The summed E-state index contributed by atoms with van der Waals surface area (Å²) >= 11 is 1.61. The fourth-order valence-electron chi connectivity index (χ4n) is 1.27. The summed E-state index contributed by atoms with van der Waals surface area (Å²) in [7, 11) is -1.51. The van der Waals surface area contributed by atoms with E-state index in [2.05, 4.69) is 0 Å². The second-order valence-corrected chi connectivity index (χ2v) is 6.82. The van der Waals surface area contributed by atoms with Gasteiger partial charge in [-0.1, -0.05) is 0 Å². The summed E-state index contributed by atoms with van der Waals surface area (Å²) in [6, 6.07) is 4.85. The molecule has 0 saturated carbocycles. The van der Waals surface area contributed by atoms with Gasteiger partial charge in [-0.2, -0.15) is 0 Å². The van der Waals surface area contributed by atoms with Gasteiger partial charge in [0.1, 0.15) is 0 Å². The monoisotopic (exact) mass is 275 g/mol. The first-order valence-corrected chi connectivity index (χ1v) is 8.04. The largest absolute Gasteiger partial charge is 0.398 e. The van der Waals surface area contributed by atoms with E-state index in [0.29, 0.717) is 12.3 Å². The van der Waals surface area contributed by atoms with Crippen LogP contribution in [0.15, 0.2) is 28.0 Å². The highest BCUT2D eigenvalue weighted by Gasteiger charge is 2.09. The minimum atomic E-state index is -3.18. The van der Waals surface area contributed by atoms with Gasteiger partial charge in [0.15, 0.2) is 9.84 Å². The molecule has 0 atom stereocenters. The number of hydrogen-bond donors (Lipinski definition) is 1. The Morgan fingerprint density at radius 3 is 2.65 bits per heavy atom. The highest BCUT2D eigenvalue weighted by Crippen LogP contribution is 2.27. The lowest BCUT2D eigenvalue weighted by Crippen LogP contribution is -1.99. The minimum Gasteiger partial charge on any atom is -0.398 e. The van der Waals surface area contributed by atoms with Crippen LogP contribution in [-0.4, -0.2) is 34.1 Å². The van der Waals surface area contributed by atoms with Gasteiger partial charge >= 0.3 is 0 Å². The van der Waals surface area contributed by atoms with Gasteiger partial charge in [0, 0.05) is 36.3 Å². The smallest absolute Gasteiger partial charge is 0.175 e. The van der Waals surface area contributed by atoms with E-state index in [1.807, 2.05) is 0 Å². The van der Waals surface area contributed by atoms with Gasteiger partial charge in [0.25, 0.3) is 0 Å². The van der Waals surface area contributed by atoms with Crippen molar-refractivity contribution in [2.24, 2.45) is 0 Å². The van der Waals surface area contributed by atoms with Crippen LogP contribution in [0.2, 0.25) is 0 Å². The van der Waals surface area contributed by atoms with Gasteiger partial charge in [-0.3, -0.25) is 0 Å². The number of nitrogen functional groups attached to an aromatic ring is 1. The molecule has 1 aromatic rings. The molecule has 0 spiro atoms. The highest BCUT2D eigenvalue weighted by atomic mass is 32.2. The summed E-state index contributed by atoms with van der Waals surface area (Å²) < 4.78 is 27.6. The number of benzene rings is 1. The van der Waals surface area contributed by atoms with Crippen LogP contribution in [0.5, 0.6) is 0 Å². The van der Waals surface area contributed by atoms with E-state index in [1.54, 1.807) is 31.0 Å². The quantitative estimate of drug-likeness (QED) is 0.487. The van der Waals surface area contributed by atoms with Crippen molar-refractivity contribution in [3.8, 4) is 0 Å². The summed E-state index contributed by atoms with van der Waals surface area (Å²) in [6.45, 7) is 0.717.